The lowest BCUT2D eigenvalue weighted by atomic mass is 10.2. The van der Waals surface area contributed by atoms with Gasteiger partial charge in [-0.1, -0.05) is 6.07 Å². The van der Waals surface area contributed by atoms with Crippen LogP contribution in [-0.2, 0) is 16.0 Å². The molecule has 0 aliphatic rings. The number of esters is 1. The van der Waals surface area contributed by atoms with Crippen molar-refractivity contribution in [3.63, 3.8) is 0 Å². The van der Waals surface area contributed by atoms with Crippen LogP contribution >= 0.6 is 0 Å². The monoisotopic (exact) mass is 420 g/mol. The molecule has 1 N–H and O–H groups in total. The minimum atomic E-state index is -4.79. The minimum absolute atomic E-state index is 0.0389. The highest BCUT2D eigenvalue weighted by Gasteiger charge is 2.31. The number of nitrogens with zero attached hydrogens (tertiary/aromatic N) is 3. The maximum atomic E-state index is 12.5. The van der Waals surface area contributed by atoms with Crippen molar-refractivity contribution in [3.05, 3.63) is 59.5 Å². The van der Waals surface area contributed by atoms with Gasteiger partial charge >= 0.3 is 12.3 Å². The molecule has 0 saturated carbocycles. The van der Waals surface area contributed by atoms with Gasteiger partial charge < -0.3 is 14.8 Å². The number of ether oxygens (including phenoxy) is 2. The zero-order valence-corrected chi connectivity index (χ0v) is 16.4. The number of methoxy groups -OCH3 is 1. The number of anilines is 2. The molecular weight excluding hydrogens is 401 g/mol. The Morgan fingerprint density at radius 2 is 1.83 bits per heavy atom. The second-order valence-electron chi connectivity index (χ2n) is 6.49. The van der Waals surface area contributed by atoms with E-state index in [1.807, 2.05) is 26.0 Å². The lowest BCUT2D eigenvalue weighted by molar-refractivity contribution is -0.274. The molecule has 0 unspecified atom stereocenters. The Labute approximate surface area is 170 Å². The van der Waals surface area contributed by atoms with E-state index in [2.05, 4.69) is 20.1 Å². The van der Waals surface area contributed by atoms with Gasteiger partial charge in [-0.3, -0.25) is 9.78 Å². The first kappa shape index (κ1) is 21.2. The van der Waals surface area contributed by atoms with Gasteiger partial charge in [0, 0.05) is 29.2 Å². The van der Waals surface area contributed by atoms with Crippen LogP contribution in [-0.4, -0.2) is 34.2 Å². The van der Waals surface area contributed by atoms with Crippen molar-refractivity contribution in [3.8, 4) is 11.4 Å². The van der Waals surface area contributed by atoms with Crippen LogP contribution in [0.1, 0.15) is 17.1 Å². The molecule has 0 saturated heterocycles. The number of nitrogens with one attached hydrogen (secondary N) is 1. The summed E-state index contributed by atoms with van der Waals surface area (Å²) in [6, 6.07) is 10.6. The third-order valence-corrected chi connectivity index (χ3v) is 3.99. The predicted molar refractivity (Wildman–Crippen MR) is 103 cm³/mol. The molecule has 0 aliphatic carbocycles. The average Bonchev–Trinajstić information content (AvgIpc) is 3.01. The highest BCUT2D eigenvalue weighted by Crippen LogP contribution is 2.27. The minimum Gasteiger partial charge on any atom is -0.469 e. The molecule has 0 atom stereocenters. The SMILES string of the molecule is COC(=O)Cc1cc(Nc2cccc(OC(F)(F)F)c2)nn1-c1cc(C)nc(C)c1. The molecule has 0 amide bonds. The lowest BCUT2D eigenvalue weighted by Crippen LogP contribution is -2.17. The average molecular weight is 420 g/mol. The van der Waals surface area contributed by atoms with Crippen molar-refractivity contribution in [2.45, 2.75) is 26.6 Å². The van der Waals surface area contributed by atoms with Crippen LogP contribution in [0.2, 0.25) is 0 Å². The maximum absolute atomic E-state index is 12.5. The summed E-state index contributed by atoms with van der Waals surface area (Å²) in [4.78, 5) is 16.2. The molecular formula is C20H19F3N4O3. The Balaban J connectivity index is 1.94. The summed E-state index contributed by atoms with van der Waals surface area (Å²) >= 11 is 0. The Hall–Kier alpha value is -3.56. The zero-order chi connectivity index (χ0) is 21.9. The molecule has 2 heterocycles. The Morgan fingerprint density at radius 3 is 2.47 bits per heavy atom. The van der Waals surface area contributed by atoms with Crippen molar-refractivity contribution < 1.29 is 27.4 Å². The van der Waals surface area contributed by atoms with Crippen LogP contribution in [0.15, 0.2) is 42.5 Å². The van der Waals surface area contributed by atoms with Gasteiger partial charge in [-0.05, 0) is 38.1 Å². The van der Waals surface area contributed by atoms with E-state index in [1.165, 1.54) is 25.3 Å². The molecule has 0 aliphatic heterocycles. The van der Waals surface area contributed by atoms with Gasteiger partial charge in [0.25, 0.3) is 0 Å². The van der Waals surface area contributed by atoms with Gasteiger partial charge in [0.2, 0.25) is 0 Å². The van der Waals surface area contributed by atoms with Gasteiger partial charge in [0.05, 0.1) is 24.9 Å². The van der Waals surface area contributed by atoms with Crippen LogP contribution in [0.25, 0.3) is 5.69 Å². The summed E-state index contributed by atoms with van der Waals surface area (Å²) in [7, 11) is 1.29. The van der Waals surface area contributed by atoms with Crippen LogP contribution in [0.5, 0.6) is 5.75 Å². The Bertz CT molecular complexity index is 1040. The van der Waals surface area contributed by atoms with Gasteiger partial charge in [0.1, 0.15) is 5.75 Å². The number of aromatic nitrogens is 3. The van der Waals surface area contributed by atoms with Gasteiger partial charge in [-0.2, -0.15) is 0 Å². The van der Waals surface area contributed by atoms with E-state index in [1.54, 1.807) is 16.8 Å². The molecule has 158 valence electrons. The topological polar surface area (TPSA) is 78.3 Å². The number of pyridine rings is 1. The Kier molecular flexibility index (Phi) is 5.95. The highest BCUT2D eigenvalue weighted by molar-refractivity contribution is 5.73. The molecule has 0 fully saturated rings. The second-order valence-corrected chi connectivity index (χ2v) is 6.49. The van der Waals surface area contributed by atoms with Crippen molar-refractivity contribution in [1.82, 2.24) is 14.8 Å². The summed E-state index contributed by atoms with van der Waals surface area (Å²) in [5.74, 6) is -0.474. The number of halogens is 3. The van der Waals surface area contributed by atoms with Gasteiger partial charge in [-0.25, -0.2) is 4.68 Å². The van der Waals surface area contributed by atoms with Crippen molar-refractivity contribution in [2.75, 3.05) is 12.4 Å². The number of benzene rings is 1. The second kappa shape index (κ2) is 8.44. The van der Waals surface area contributed by atoms with E-state index >= 15 is 0 Å². The lowest BCUT2D eigenvalue weighted by Gasteiger charge is -2.10. The molecule has 2 aromatic heterocycles. The van der Waals surface area contributed by atoms with E-state index in [-0.39, 0.29) is 12.2 Å². The predicted octanol–water partition coefficient (Wildman–Crippen LogP) is 4.24. The normalized spacial score (nSPS) is 11.3. The third kappa shape index (κ3) is 5.49. The van der Waals surface area contributed by atoms with Crippen molar-refractivity contribution in [2.24, 2.45) is 0 Å². The smallest absolute Gasteiger partial charge is 0.469 e. The summed E-state index contributed by atoms with van der Waals surface area (Å²) < 4.78 is 47.6. The third-order valence-electron chi connectivity index (χ3n) is 3.99. The quantitative estimate of drug-likeness (QED) is 0.601. The summed E-state index contributed by atoms with van der Waals surface area (Å²) in [5.41, 5.74) is 3.12. The molecule has 1 aromatic carbocycles. The number of hydrogen-bond acceptors (Lipinski definition) is 6. The number of carbonyl (C=O) groups is 1. The first-order valence-corrected chi connectivity index (χ1v) is 8.87. The molecule has 7 nitrogen and oxygen atoms in total. The van der Waals surface area contributed by atoms with Crippen molar-refractivity contribution in [1.29, 1.82) is 0 Å². The highest BCUT2D eigenvalue weighted by atomic mass is 19.4. The van der Waals surface area contributed by atoms with Gasteiger partial charge in [-0.15, -0.1) is 18.3 Å². The number of carbonyl (C=O) groups excluding carboxylic acids is 1. The number of hydrogen-bond donors (Lipinski definition) is 1. The van der Waals surface area contributed by atoms with E-state index in [4.69, 9.17) is 4.74 Å². The first-order chi connectivity index (χ1) is 14.1. The molecule has 10 heteroatoms. The van der Waals surface area contributed by atoms with Crippen LogP contribution in [0.3, 0.4) is 0 Å². The molecule has 3 rings (SSSR count). The fourth-order valence-corrected chi connectivity index (χ4v) is 2.90. The molecule has 0 radical (unpaired) electrons. The number of rotatable bonds is 6. The summed E-state index contributed by atoms with van der Waals surface area (Å²) in [5, 5.41) is 7.39. The summed E-state index contributed by atoms with van der Waals surface area (Å²) in [6.45, 7) is 3.68. The summed E-state index contributed by atoms with van der Waals surface area (Å²) in [6.07, 6.45) is -4.83. The molecule has 0 spiro atoms. The Morgan fingerprint density at radius 1 is 1.13 bits per heavy atom. The molecule has 3 aromatic rings. The van der Waals surface area contributed by atoms with E-state index in [0.717, 1.165) is 11.4 Å². The van der Waals surface area contributed by atoms with Crippen LogP contribution < -0.4 is 10.1 Å². The van der Waals surface area contributed by atoms with Crippen molar-refractivity contribution >= 4 is 17.5 Å². The van der Waals surface area contributed by atoms with E-state index in [9.17, 15) is 18.0 Å². The maximum Gasteiger partial charge on any atom is 0.573 e. The number of alkyl halides is 3. The molecule has 0 bridgehead atoms. The fourth-order valence-electron chi connectivity index (χ4n) is 2.90. The van der Waals surface area contributed by atoms with E-state index in [0.29, 0.717) is 22.9 Å². The van der Waals surface area contributed by atoms with E-state index < -0.39 is 12.3 Å². The largest absolute Gasteiger partial charge is 0.573 e. The van der Waals surface area contributed by atoms with Crippen LogP contribution in [0, 0.1) is 13.8 Å². The zero-order valence-electron chi connectivity index (χ0n) is 16.4. The first-order valence-electron chi connectivity index (χ1n) is 8.87. The fraction of sp³-hybridized carbons (Fsp3) is 0.250. The van der Waals surface area contributed by atoms with Crippen LogP contribution in [0.4, 0.5) is 24.7 Å². The number of aryl methyl sites for hydroxylation is 2. The standard InChI is InChI=1S/C20H19F3N4O3/c1-12-7-15(8-13(2)24-12)27-16(11-19(28)29-3)10-18(26-27)25-14-5-4-6-17(9-14)30-20(21,22)23/h4-10H,11H2,1-3H3,(H,25,26). The molecule has 30 heavy (non-hydrogen) atoms. The van der Waals surface area contributed by atoms with Gasteiger partial charge in [0.15, 0.2) is 5.82 Å².